The first-order chi connectivity index (χ1) is 8.22. The highest BCUT2D eigenvalue weighted by Gasteiger charge is 2.22. The molecule has 1 aliphatic rings. The van der Waals surface area contributed by atoms with Crippen molar-refractivity contribution in [1.29, 1.82) is 0 Å². The summed E-state index contributed by atoms with van der Waals surface area (Å²) in [7, 11) is 1.39. The summed E-state index contributed by atoms with van der Waals surface area (Å²) >= 11 is 0. The van der Waals surface area contributed by atoms with Crippen molar-refractivity contribution in [3.63, 3.8) is 0 Å². The van der Waals surface area contributed by atoms with Crippen LogP contribution in [0.4, 0.5) is 4.79 Å². The van der Waals surface area contributed by atoms with Crippen molar-refractivity contribution in [2.24, 2.45) is 0 Å². The fraction of sp³-hybridized carbons (Fsp3) is 0.214. The van der Waals surface area contributed by atoms with Gasteiger partial charge in [-0.15, -0.1) is 0 Å². The predicted octanol–water partition coefficient (Wildman–Crippen LogP) is 3.19. The number of carbonyl (C=O) groups excluding carboxylic acids is 1. The second-order valence-corrected chi connectivity index (χ2v) is 3.96. The van der Waals surface area contributed by atoms with Gasteiger partial charge in [-0.05, 0) is 18.6 Å². The van der Waals surface area contributed by atoms with Crippen molar-refractivity contribution < 1.29 is 9.53 Å². The topological polar surface area (TPSA) is 29.5 Å². The molecule has 0 saturated carbocycles. The highest BCUT2D eigenvalue weighted by atomic mass is 16.5. The third kappa shape index (κ3) is 2.38. The lowest BCUT2D eigenvalue weighted by Crippen LogP contribution is -2.30. The third-order valence-electron chi connectivity index (χ3n) is 2.76. The van der Waals surface area contributed by atoms with Crippen LogP contribution in [0.5, 0.6) is 0 Å². The van der Waals surface area contributed by atoms with E-state index < -0.39 is 0 Å². The van der Waals surface area contributed by atoms with Crippen LogP contribution < -0.4 is 0 Å². The van der Waals surface area contributed by atoms with E-state index in [0.29, 0.717) is 0 Å². The molecule has 0 N–H and O–H groups in total. The second kappa shape index (κ2) is 4.87. The normalized spacial score (nSPS) is 18.2. The highest BCUT2D eigenvalue weighted by Crippen LogP contribution is 2.26. The zero-order chi connectivity index (χ0) is 12.3. The Morgan fingerprint density at radius 3 is 2.59 bits per heavy atom. The molecule has 3 heteroatoms. The van der Waals surface area contributed by atoms with Gasteiger partial charge in [0.2, 0.25) is 0 Å². The molecule has 0 fully saturated rings. The van der Waals surface area contributed by atoms with Crippen molar-refractivity contribution in [3.8, 4) is 0 Å². The maximum Gasteiger partial charge on any atom is 0.414 e. The molecule has 0 spiro atoms. The third-order valence-corrected chi connectivity index (χ3v) is 2.76. The first kappa shape index (κ1) is 11.5. The standard InChI is InChI=1S/C14H15NO2/c1-11-6-8-12(9-7-11)13-5-3-4-10-15(13)14(16)17-2/h3-10,13H,1-2H3. The molecule has 2 rings (SSSR count). The number of hydrogen-bond acceptors (Lipinski definition) is 2. The summed E-state index contributed by atoms with van der Waals surface area (Å²) in [5, 5.41) is 0. The summed E-state index contributed by atoms with van der Waals surface area (Å²) in [5.74, 6) is 0. The number of methoxy groups -OCH3 is 1. The molecule has 0 aromatic heterocycles. The Balaban J connectivity index is 2.29. The number of allylic oxidation sites excluding steroid dienone is 2. The lowest BCUT2D eigenvalue weighted by molar-refractivity contribution is 0.132. The quantitative estimate of drug-likeness (QED) is 0.740. The van der Waals surface area contributed by atoms with Crippen LogP contribution in [0.15, 0.2) is 48.7 Å². The van der Waals surface area contributed by atoms with E-state index in [1.807, 2.05) is 49.4 Å². The number of rotatable bonds is 1. The summed E-state index contributed by atoms with van der Waals surface area (Å²) in [6.45, 7) is 2.04. The second-order valence-electron chi connectivity index (χ2n) is 3.96. The van der Waals surface area contributed by atoms with Crippen molar-refractivity contribution in [3.05, 3.63) is 59.8 Å². The van der Waals surface area contributed by atoms with Crippen LogP contribution in [0, 0.1) is 6.92 Å². The summed E-state index contributed by atoms with van der Waals surface area (Å²) in [4.78, 5) is 13.2. The fourth-order valence-electron chi connectivity index (χ4n) is 1.81. The zero-order valence-electron chi connectivity index (χ0n) is 9.96. The fourth-order valence-corrected chi connectivity index (χ4v) is 1.81. The SMILES string of the molecule is COC(=O)N1C=CC=CC1c1ccc(C)cc1. The minimum absolute atomic E-state index is 0.0898. The number of hydrogen-bond donors (Lipinski definition) is 0. The predicted molar refractivity (Wildman–Crippen MR) is 66.4 cm³/mol. The molecule has 1 aromatic rings. The lowest BCUT2D eigenvalue weighted by Gasteiger charge is -2.27. The highest BCUT2D eigenvalue weighted by molar-refractivity contribution is 5.70. The Morgan fingerprint density at radius 2 is 1.94 bits per heavy atom. The summed E-state index contributed by atoms with van der Waals surface area (Å²) in [6.07, 6.45) is 7.11. The summed E-state index contributed by atoms with van der Waals surface area (Å²) < 4.78 is 4.77. The van der Waals surface area contributed by atoms with Gasteiger partial charge in [-0.1, -0.05) is 42.0 Å². The first-order valence-electron chi connectivity index (χ1n) is 5.50. The molecule has 0 aliphatic carbocycles. The molecule has 17 heavy (non-hydrogen) atoms. The van der Waals surface area contributed by atoms with Crippen LogP contribution in [-0.4, -0.2) is 18.1 Å². The maximum atomic E-state index is 11.6. The number of aryl methyl sites for hydroxylation is 1. The Kier molecular flexibility index (Phi) is 3.28. The zero-order valence-corrected chi connectivity index (χ0v) is 9.96. The van der Waals surface area contributed by atoms with Crippen LogP contribution in [0.25, 0.3) is 0 Å². The Labute approximate surface area is 101 Å². The van der Waals surface area contributed by atoms with Crippen molar-refractivity contribution in [2.75, 3.05) is 7.11 Å². The van der Waals surface area contributed by atoms with E-state index in [0.717, 1.165) is 5.56 Å². The molecule has 0 bridgehead atoms. The van der Waals surface area contributed by atoms with Crippen molar-refractivity contribution >= 4 is 6.09 Å². The number of benzene rings is 1. The van der Waals surface area contributed by atoms with Gasteiger partial charge in [0, 0.05) is 6.20 Å². The molecule has 88 valence electrons. The van der Waals surface area contributed by atoms with Crippen LogP contribution in [0.2, 0.25) is 0 Å². The van der Waals surface area contributed by atoms with E-state index in [4.69, 9.17) is 4.74 Å². The average Bonchev–Trinajstić information content (AvgIpc) is 2.39. The largest absolute Gasteiger partial charge is 0.452 e. The van der Waals surface area contributed by atoms with E-state index in [-0.39, 0.29) is 12.1 Å². The molecule has 0 saturated heterocycles. The molecule has 3 nitrogen and oxygen atoms in total. The summed E-state index contributed by atoms with van der Waals surface area (Å²) in [6, 6.07) is 8.04. The number of nitrogens with zero attached hydrogens (tertiary/aromatic N) is 1. The van der Waals surface area contributed by atoms with Crippen LogP contribution in [-0.2, 0) is 4.74 Å². The molecule has 1 atom stereocenters. The minimum Gasteiger partial charge on any atom is -0.452 e. The van der Waals surface area contributed by atoms with Gasteiger partial charge >= 0.3 is 6.09 Å². The molecule has 1 aliphatic heterocycles. The van der Waals surface area contributed by atoms with Crippen LogP contribution in [0.1, 0.15) is 17.2 Å². The van der Waals surface area contributed by atoms with Gasteiger partial charge in [0.15, 0.2) is 0 Å². The van der Waals surface area contributed by atoms with Crippen LogP contribution in [0.3, 0.4) is 0 Å². The van der Waals surface area contributed by atoms with Gasteiger partial charge in [-0.2, -0.15) is 0 Å². The minimum atomic E-state index is -0.351. The molecule has 1 heterocycles. The van der Waals surface area contributed by atoms with Crippen LogP contribution >= 0.6 is 0 Å². The Hall–Kier alpha value is -2.03. The Bertz CT molecular complexity index is 460. The first-order valence-corrected chi connectivity index (χ1v) is 5.50. The number of ether oxygens (including phenoxy) is 1. The molecule has 0 radical (unpaired) electrons. The van der Waals surface area contributed by atoms with E-state index in [1.54, 1.807) is 11.1 Å². The average molecular weight is 229 g/mol. The molecular formula is C14H15NO2. The van der Waals surface area contributed by atoms with Gasteiger partial charge in [-0.3, -0.25) is 4.90 Å². The molecule has 1 unspecified atom stereocenters. The number of amides is 1. The summed E-state index contributed by atoms with van der Waals surface area (Å²) in [5.41, 5.74) is 2.27. The lowest BCUT2D eigenvalue weighted by atomic mass is 10.0. The van der Waals surface area contributed by atoms with Gasteiger partial charge in [0.25, 0.3) is 0 Å². The van der Waals surface area contributed by atoms with E-state index in [9.17, 15) is 4.79 Å². The van der Waals surface area contributed by atoms with Gasteiger partial charge in [-0.25, -0.2) is 4.79 Å². The molecule has 1 amide bonds. The van der Waals surface area contributed by atoms with E-state index >= 15 is 0 Å². The van der Waals surface area contributed by atoms with Gasteiger partial charge in [0.1, 0.15) is 0 Å². The molecular weight excluding hydrogens is 214 g/mol. The van der Waals surface area contributed by atoms with E-state index in [2.05, 4.69) is 0 Å². The maximum absolute atomic E-state index is 11.6. The smallest absolute Gasteiger partial charge is 0.414 e. The monoisotopic (exact) mass is 229 g/mol. The van der Waals surface area contributed by atoms with Gasteiger partial charge < -0.3 is 4.74 Å². The van der Waals surface area contributed by atoms with Crippen molar-refractivity contribution in [2.45, 2.75) is 13.0 Å². The van der Waals surface area contributed by atoms with Crippen molar-refractivity contribution in [1.82, 2.24) is 4.90 Å². The Morgan fingerprint density at radius 1 is 1.24 bits per heavy atom. The number of carbonyl (C=O) groups is 1. The van der Waals surface area contributed by atoms with E-state index in [1.165, 1.54) is 12.7 Å². The molecule has 1 aromatic carbocycles. The van der Waals surface area contributed by atoms with Gasteiger partial charge in [0.05, 0.1) is 13.2 Å².